The number of nitrogens with zero attached hydrogens (tertiary/aromatic N) is 1. The van der Waals surface area contributed by atoms with E-state index >= 15 is 0 Å². The molecule has 0 aliphatic carbocycles. The van der Waals surface area contributed by atoms with Crippen molar-refractivity contribution in [2.45, 2.75) is 33.0 Å². The van der Waals surface area contributed by atoms with Crippen LogP contribution < -0.4 is 0 Å². The first kappa shape index (κ1) is 14.1. The second-order valence-corrected chi connectivity index (χ2v) is 3.70. The molecule has 2 N–H and O–H groups in total. The third-order valence-electron chi connectivity index (χ3n) is 1.61. The highest BCUT2D eigenvalue weighted by molar-refractivity contribution is 6.96. The van der Waals surface area contributed by atoms with E-state index in [2.05, 4.69) is 0 Å². The molecule has 0 saturated carbocycles. The molecule has 2 atom stereocenters. The molecule has 0 fully saturated rings. The summed E-state index contributed by atoms with van der Waals surface area (Å²) in [5, 5.41) is 18.3. The molecule has 1 amide bonds. The van der Waals surface area contributed by atoms with E-state index in [1.54, 1.807) is 0 Å². The average molecular weight is 214 g/mol. The van der Waals surface area contributed by atoms with E-state index in [1.807, 2.05) is 0 Å². The summed E-state index contributed by atoms with van der Waals surface area (Å²) in [4.78, 5) is 23.4. The number of rotatable bonds is 6. The van der Waals surface area contributed by atoms with Gasteiger partial charge in [0.05, 0.1) is 17.9 Å². The summed E-state index contributed by atoms with van der Waals surface area (Å²) in [5.41, 5.74) is -0.346. The normalized spacial score (nSPS) is 14.2. The Bertz CT molecular complexity index is 220. The van der Waals surface area contributed by atoms with E-state index in [9.17, 15) is 9.59 Å². The Labute approximate surface area is 90.3 Å². The highest BCUT2D eigenvalue weighted by atomic mass is 16.3. The fourth-order valence-electron chi connectivity index (χ4n) is 1.16. The van der Waals surface area contributed by atoms with E-state index in [-0.39, 0.29) is 18.8 Å². The largest absolute Gasteiger partial charge is 0.392 e. The summed E-state index contributed by atoms with van der Waals surface area (Å²) in [6.07, 6.45) is -1.37. The molecule has 0 rings (SSSR count). The topological polar surface area (TPSA) is 77.8 Å². The van der Waals surface area contributed by atoms with Crippen LogP contribution in [0.4, 0.5) is 4.79 Å². The Balaban J connectivity index is 4.33. The van der Waals surface area contributed by atoms with Gasteiger partial charge in [0.15, 0.2) is 5.81 Å². The van der Waals surface area contributed by atoms with Crippen molar-refractivity contribution in [1.82, 2.24) is 4.90 Å². The van der Waals surface area contributed by atoms with Crippen molar-refractivity contribution in [3.05, 3.63) is 0 Å². The van der Waals surface area contributed by atoms with Crippen LogP contribution in [0.2, 0.25) is 0 Å². The Morgan fingerprint density at radius 3 is 1.87 bits per heavy atom. The average Bonchev–Trinajstić information content (AvgIpc) is 1.99. The van der Waals surface area contributed by atoms with Crippen molar-refractivity contribution in [3.8, 4) is 0 Å². The lowest BCUT2D eigenvalue weighted by atomic mass is 9.72. The summed E-state index contributed by atoms with van der Waals surface area (Å²) >= 11 is 0. The number of aliphatic hydroxyl groups is 2. The van der Waals surface area contributed by atoms with Gasteiger partial charge >= 0.3 is 7.28 Å². The maximum absolute atomic E-state index is 11.5. The van der Waals surface area contributed by atoms with Crippen LogP contribution in [0.3, 0.4) is 0 Å². The van der Waals surface area contributed by atoms with Gasteiger partial charge in [0.2, 0.25) is 0 Å². The van der Waals surface area contributed by atoms with Crippen LogP contribution in [0.1, 0.15) is 20.8 Å². The summed E-state index contributed by atoms with van der Waals surface area (Å²) in [6, 6.07) is 0. The molecule has 0 saturated heterocycles. The standard InChI is InChI=1S/C9H17BNO4/c1-6(12)4-11(5-7(2)13)9(15)10-8(3)14/h6-7,12-13H,4-5H2,1-3H3. The van der Waals surface area contributed by atoms with E-state index in [1.165, 1.54) is 25.7 Å². The summed E-state index contributed by atoms with van der Waals surface area (Å²) in [5.74, 6) is -0.482. The quantitative estimate of drug-likeness (QED) is 0.580. The highest BCUT2D eigenvalue weighted by Crippen LogP contribution is 1.97. The van der Waals surface area contributed by atoms with Crippen LogP contribution >= 0.6 is 0 Å². The number of hydrogen-bond donors (Lipinski definition) is 2. The molecule has 85 valence electrons. The molecule has 0 bridgehead atoms. The van der Waals surface area contributed by atoms with Crippen molar-refractivity contribution >= 4 is 18.8 Å². The predicted molar refractivity (Wildman–Crippen MR) is 56.8 cm³/mol. The lowest BCUT2D eigenvalue weighted by Gasteiger charge is -2.25. The minimum atomic E-state index is -0.687. The van der Waals surface area contributed by atoms with Crippen molar-refractivity contribution in [2.24, 2.45) is 0 Å². The van der Waals surface area contributed by atoms with Gasteiger partial charge in [0, 0.05) is 13.1 Å². The third kappa shape index (κ3) is 7.10. The van der Waals surface area contributed by atoms with Gasteiger partial charge in [-0.25, -0.2) is 0 Å². The Hall–Kier alpha value is -0.875. The first-order chi connectivity index (χ1) is 6.82. The molecule has 0 spiro atoms. The molecular formula is C9H17BNO4. The molecule has 0 aromatic rings. The van der Waals surface area contributed by atoms with E-state index in [4.69, 9.17) is 10.2 Å². The van der Waals surface area contributed by atoms with Gasteiger partial charge in [-0.05, 0) is 20.8 Å². The predicted octanol–water partition coefficient (Wildman–Crippen LogP) is -0.579. The molecule has 0 aliphatic heterocycles. The zero-order valence-electron chi connectivity index (χ0n) is 9.30. The third-order valence-corrected chi connectivity index (χ3v) is 1.61. The van der Waals surface area contributed by atoms with Gasteiger partial charge in [0.1, 0.15) is 0 Å². The maximum atomic E-state index is 11.5. The van der Waals surface area contributed by atoms with Crippen LogP contribution in [0.15, 0.2) is 0 Å². The van der Waals surface area contributed by atoms with Crippen molar-refractivity contribution in [1.29, 1.82) is 0 Å². The molecule has 0 aromatic heterocycles. The summed E-state index contributed by atoms with van der Waals surface area (Å²) in [6.45, 7) is 4.56. The Morgan fingerprint density at radius 1 is 1.20 bits per heavy atom. The van der Waals surface area contributed by atoms with E-state index < -0.39 is 18.0 Å². The fourth-order valence-corrected chi connectivity index (χ4v) is 1.16. The van der Waals surface area contributed by atoms with Gasteiger partial charge in [-0.2, -0.15) is 0 Å². The molecule has 5 nitrogen and oxygen atoms in total. The van der Waals surface area contributed by atoms with Crippen molar-refractivity contribution in [2.75, 3.05) is 13.1 Å². The molecule has 1 radical (unpaired) electrons. The number of aliphatic hydroxyl groups excluding tert-OH is 2. The van der Waals surface area contributed by atoms with Gasteiger partial charge < -0.3 is 19.9 Å². The molecule has 2 unspecified atom stereocenters. The monoisotopic (exact) mass is 214 g/mol. The number of hydrogen-bond acceptors (Lipinski definition) is 4. The van der Waals surface area contributed by atoms with Gasteiger partial charge in [-0.1, -0.05) is 0 Å². The minimum absolute atomic E-state index is 0.105. The van der Waals surface area contributed by atoms with Crippen molar-refractivity contribution in [3.63, 3.8) is 0 Å². The van der Waals surface area contributed by atoms with E-state index in [0.717, 1.165) is 7.28 Å². The molecular weight excluding hydrogens is 197 g/mol. The number of carbonyl (C=O) groups excluding carboxylic acids is 2. The van der Waals surface area contributed by atoms with E-state index in [0.29, 0.717) is 0 Å². The van der Waals surface area contributed by atoms with Gasteiger partial charge in [-0.15, -0.1) is 0 Å². The maximum Gasteiger partial charge on any atom is 0.320 e. The van der Waals surface area contributed by atoms with Crippen molar-refractivity contribution < 1.29 is 19.8 Å². The smallest absolute Gasteiger partial charge is 0.320 e. The fraction of sp³-hybridized carbons (Fsp3) is 0.778. The van der Waals surface area contributed by atoms with Crippen LogP contribution in [0.5, 0.6) is 0 Å². The molecule has 0 aromatic carbocycles. The molecule has 6 heteroatoms. The summed E-state index contributed by atoms with van der Waals surface area (Å²) in [7, 11) is 0.949. The zero-order valence-corrected chi connectivity index (χ0v) is 9.30. The van der Waals surface area contributed by atoms with Crippen LogP contribution in [-0.4, -0.2) is 59.2 Å². The first-order valence-corrected chi connectivity index (χ1v) is 4.83. The number of amides is 1. The minimum Gasteiger partial charge on any atom is -0.392 e. The zero-order chi connectivity index (χ0) is 12.0. The molecule has 0 heterocycles. The Kier molecular flexibility index (Phi) is 6.20. The number of carbonyl (C=O) groups is 2. The second kappa shape index (κ2) is 6.58. The lowest BCUT2D eigenvalue weighted by molar-refractivity contribution is -0.110. The van der Waals surface area contributed by atoms with Crippen LogP contribution in [0, 0.1) is 0 Å². The second-order valence-electron chi connectivity index (χ2n) is 3.70. The van der Waals surface area contributed by atoms with Gasteiger partial charge in [-0.3, -0.25) is 4.79 Å². The SMILES string of the molecule is CC(=O)[B]C(=O)N(CC(C)O)CC(C)O. The first-order valence-electron chi connectivity index (χ1n) is 4.83. The Morgan fingerprint density at radius 2 is 1.60 bits per heavy atom. The highest BCUT2D eigenvalue weighted by Gasteiger charge is 2.19. The van der Waals surface area contributed by atoms with Crippen LogP contribution in [-0.2, 0) is 4.79 Å². The molecule has 15 heavy (non-hydrogen) atoms. The van der Waals surface area contributed by atoms with Crippen LogP contribution in [0.25, 0.3) is 0 Å². The van der Waals surface area contributed by atoms with Gasteiger partial charge in [0.25, 0.3) is 0 Å². The summed E-state index contributed by atoms with van der Waals surface area (Å²) < 4.78 is 0. The lowest BCUT2D eigenvalue weighted by Crippen LogP contribution is -2.43. The molecule has 0 aliphatic rings.